The second-order valence-electron chi connectivity index (χ2n) is 4.90. The Kier molecular flexibility index (Phi) is 3.42. The van der Waals surface area contributed by atoms with Crippen LogP contribution in [0.2, 0.25) is 0 Å². The van der Waals surface area contributed by atoms with Gasteiger partial charge in [0.05, 0.1) is 12.6 Å². The lowest BCUT2D eigenvalue weighted by molar-refractivity contribution is -0.143. The highest BCUT2D eigenvalue weighted by atomic mass is 16.6. The zero-order chi connectivity index (χ0) is 12.5. The van der Waals surface area contributed by atoms with Gasteiger partial charge >= 0.3 is 12.1 Å². The van der Waals surface area contributed by atoms with E-state index in [1.807, 2.05) is 0 Å². The van der Waals surface area contributed by atoms with Crippen molar-refractivity contribution in [2.24, 2.45) is 5.92 Å². The zero-order valence-corrected chi connectivity index (χ0v) is 9.64. The Morgan fingerprint density at radius 1 is 1.31 bits per heavy atom. The van der Waals surface area contributed by atoms with Crippen LogP contribution in [0, 0.1) is 5.92 Å². The molecule has 0 radical (unpaired) electrons. The second-order valence-corrected chi connectivity index (χ2v) is 4.90. The first-order valence-corrected chi connectivity index (χ1v) is 5.09. The normalized spacial score (nSPS) is 25.6. The molecule has 92 valence electrons. The number of ether oxygens (including phenoxy) is 1. The van der Waals surface area contributed by atoms with E-state index in [-0.39, 0.29) is 13.1 Å². The number of hydrogen-bond donors (Lipinski definition) is 2. The Labute approximate surface area is 93.8 Å². The van der Waals surface area contributed by atoms with Crippen LogP contribution in [0.4, 0.5) is 4.79 Å². The van der Waals surface area contributed by atoms with E-state index in [0.29, 0.717) is 0 Å². The molecule has 0 aromatic heterocycles. The van der Waals surface area contributed by atoms with Gasteiger partial charge in [-0.2, -0.15) is 0 Å². The maximum absolute atomic E-state index is 11.6. The maximum atomic E-state index is 11.6. The van der Waals surface area contributed by atoms with Crippen LogP contribution >= 0.6 is 0 Å². The van der Waals surface area contributed by atoms with Crippen molar-refractivity contribution < 1.29 is 24.5 Å². The molecule has 6 heteroatoms. The largest absolute Gasteiger partial charge is 0.481 e. The molecule has 2 N–H and O–H groups in total. The van der Waals surface area contributed by atoms with Crippen molar-refractivity contribution in [3.05, 3.63) is 0 Å². The molecule has 1 aliphatic rings. The van der Waals surface area contributed by atoms with Crippen LogP contribution in [0.5, 0.6) is 0 Å². The number of carbonyl (C=O) groups is 2. The summed E-state index contributed by atoms with van der Waals surface area (Å²) in [7, 11) is 0. The SMILES string of the molecule is CC(C)(C)OC(=O)N1CC(C(=O)O)[C@@H](O)C1. The van der Waals surface area contributed by atoms with Crippen molar-refractivity contribution in [3.63, 3.8) is 0 Å². The first-order chi connectivity index (χ1) is 7.20. The van der Waals surface area contributed by atoms with Crippen LogP contribution in [0.25, 0.3) is 0 Å². The van der Waals surface area contributed by atoms with Crippen LogP contribution in [0.1, 0.15) is 20.8 Å². The van der Waals surface area contributed by atoms with Gasteiger partial charge in [-0.3, -0.25) is 4.79 Å². The van der Waals surface area contributed by atoms with Gasteiger partial charge in [0.2, 0.25) is 0 Å². The lowest BCUT2D eigenvalue weighted by Crippen LogP contribution is -2.36. The summed E-state index contributed by atoms with van der Waals surface area (Å²) in [5.74, 6) is -2.02. The van der Waals surface area contributed by atoms with Crippen LogP contribution in [-0.2, 0) is 9.53 Å². The van der Waals surface area contributed by atoms with E-state index in [9.17, 15) is 14.7 Å². The van der Waals surface area contributed by atoms with E-state index in [0.717, 1.165) is 0 Å². The summed E-state index contributed by atoms with van der Waals surface area (Å²) in [6.45, 7) is 5.18. The molecule has 1 aliphatic heterocycles. The van der Waals surface area contributed by atoms with Crippen LogP contribution in [-0.4, -0.2) is 52.0 Å². The number of rotatable bonds is 1. The third-order valence-electron chi connectivity index (χ3n) is 2.26. The highest BCUT2D eigenvalue weighted by Gasteiger charge is 2.40. The average molecular weight is 231 g/mol. The quantitative estimate of drug-likeness (QED) is 0.677. The molecule has 16 heavy (non-hydrogen) atoms. The van der Waals surface area contributed by atoms with Crippen molar-refractivity contribution >= 4 is 12.1 Å². The average Bonchev–Trinajstić information content (AvgIpc) is 2.44. The minimum absolute atomic E-state index is 0.00583. The minimum Gasteiger partial charge on any atom is -0.481 e. The minimum atomic E-state index is -1.10. The fourth-order valence-electron chi connectivity index (χ4n) is 1.50. The number of nitrogens with zero attached hydrogens (tertiary/aromatic N) is 1. The molecular weight excluding hydrogens is 214 g/mol. The summed E-state index contributed by atoms with van der Waals surface area (Å²) in [4.78, 5) is 23.5. The Bertz CT molecular complexity index is 296. The summed E-state index contributed by atoms with van der Waals surface area (Å²) in [6.07, 6.45) is -1.61. The number of aliphatic carboxylic acids is 1. The van der Waals surface area contributed by atoms with E-state index in [4.69, 9.17) is 9.84 Å². The van der Waals surface area contributed by atoms with Gasteiger partial charge in [0.25, 0.3) is 0 Å². The van der Waals surface area contributed by atoms with Crippen molar-refractivity contribution in [1.82, 2.24) is 4.90 Å². The predicted octanol–water partition coefficient (Wildman–Crippen LogP) is 0.299. The molecule has 1 rings (SSSR count). The van der Waals surface area contributed by atoms with Crippen molar-refractivity contribution in [2.75, 3.05) is 13.1 Å². The monoisotopic (exact) mass is 231 g/mol. The third-order valence-corrected chi connectivity index (χ3v) is 2.26. The Morgan fingerprint density at radius 3 is 2.25 bits per heavy atom. The topological polar surface area (TPSA) is 87.1 Å². The highest BCUT2D eigenvalue weighted by Crippen LogP contribution is 2.20. The second kappa shape index (κ2) is 4.29. The summed E-state index contributed by atoms with van der Waals surface area (Å²) in [5.41, 5.74) is -0.622. The Balaban J connectivity index is 2.58. The molecule has 2 atom stereocenters. The van der Waals surface area contributed by atoms with Gasteiger partial charge in [-0.05, 0) is 20.8 Å². The van der Waals surface area contributed by atoms with E-state index in [1.54, 1.807) is 20.8 Å². The van der Waals surface area contributed by atoms with Gasteiger partial charge in [0.1, 0.15) is 11.5 Å². The molecule has 1 fully saturated rings. The summed E-state index contributed by atoms with van der Waals surface area (Å²) >= 11 is 0. The summed E-state index contributed by atoms with van der Waals surface area (Å²) < 4.78 is 5.08. The molecule has 1 unspecified atom stereocenters. The van der Waals surface area contributed by atoms with E-state index in [1.165, 1.54) is 4.90 Å². The molecule has 6 nitrogen and oxygen atoms in total. The first-order valence-electron chi connectivity index (χ1n) is 5.09. The molecule has 0 aromatic rings. The number of hydrogen-bond acceptors (Lipinski definition) is 4. The Morgan fingerprint density at radius 2 is 1.88 bits per heavy atom. The first kappa shape index (κ1) is 12.8. The van der Waals surface area contributed by atoms with Crippen molar-refractivity contribution in [2.45, 2.75) is 32.5 Å². The van der Waals surface area contributed by atoms with Gasteiger partial charge in [-0.15, -0.1) is 0 Å². The lowest BCUT2D eigenvalue weighted by Gasteiger charge is -2.24. The molecule has 0 saturated carbocycles. The standard InChI is InChI=1S/C10H17NO5/c1-10(2,3)16-9(15)11-4-6(8(13)14)7(12)5-11/h6-7,12H,4-5H2,1-3H3,(H,13,14)/t6?,7-/m0/s1. The molecule has 1 saturated heterocycles. The van der Waals surface area contributed by atoms with Gasteiger partial charge < -0.3 is 19.8 Å². The number of aliphatic hydroxyl groups is 1. The molecule has 1 amide bonds. The Hall–Kier alpha value is -1.30. The molecule has 0 spiro atoms. The van der Waals surface area contributed by atoms with Gasteiger partial charge in [-0.1, -0.05) is 0 Å². The molecule has 0 aliphatic carbocycles. The number of carboxylic acid groups (broad SMARTS) is 1. The molecule has 1 heterocycles. The van der Waals surface area contributed by atoms with Gasteiger partial charge in [0.15, 0.2) is 0 Å². The van der Waals surface area contributed by atoms with Gasteiger partial charge in [-0.25, -0.2) is 4.79 Å². The van der Waals surface area contributed by atoms with Crippen molar-refractivity contribution in [1.29, 1.82) is 0 Å². The molecular formula is C10H17NO5. The van der Waals surface area contributed by atoms with Crippen LogP contribution in [0.15, 0.2) is 0 Å². The predicted molar refractivity (Wildman–Crippen MR) is 54.9 cm³/mol. The summed E-state index contributed by atoms with van der Waals surface area (Å²) in [6, 6.07) is 0. The summed E-state index contributed by atoms with van der Waals surface area (Å²) in [5, 5.41) is 18.2. The zero-order valence-electron chi connectivity index (χ0n) is 9.64. The van der Waals surface area contributed by atoms with E-state index < -0.39 is 29.7 Å². The number of likely N-dealkylation sites (tertiary alicyclic amines) is 1. The van der Waals surface area contributed by atoms with Crippen LogP contribution in [0.3, 0.4) is 0 Å². The fraction of sp³-hybridized carbons (Fsp3) is 0.800. The third kappa shape index (κ3) is 3.10. The van der Waals surface area contributed by atoms with E-state index >= 15 is 0 Å². The van der Waals surface area contributed by atoms with E-state index in [2.05, 4.69) is 0 Å². The maximum Gasteiger partial charge on any atom is 0.410 e. The number of β-amino-alcohol motifs (C(OH)–C–C–N with tert-alkyl or cyclic N) is 1. The highest BCUT2D eigenvalue weighted by molar-refractivity contribution is 5.75. The van der Waals surface area contributed by atoms with Gasteiger partial charge in [0, 0.05) is 6.54 Å². The molecule has 0 bridgehead atoms. The fourth-order valence-corrected chi connectivity index (χ4v) is 1.50. The number of carbonyl (C=O) groups excluding carboxylic acids is 1. The number of aliphatic hydroxyl groups excluding tert-OH is 1. The lowest BCUT2D eigenvalue weighted by atomic mass is 10.1. The smallest absolute Gasteiger partial charge is 0.410 e. The number of carboxylic acids is 1. The molecule has 0 aromatic carbocycles. The number of amides is 1. The van der Waals surface area contributed by atoms with Crippen molar-refractivity contribution in [3.8, 4) is 0 Å². The van der Waals surface area contributed by atoms with Crippen LogP contribution < -0.4 is 0 Å².